The summed E-state index contributed by atoms with van der Waals surface area (Å²) in [7, 11) is 1.89. The summed E-state index contributed by atoms with van der Waals surface area (Å²) in [6.07, 6.45) is 5.08. The highest BCUT2D eigenvalue weighted by molar-refractivity contribution is 5.88. The van der Waals surface area contributed by atoms with Gasteiger partial charge in [0.25, 0.3) is 0 Å². The van der Waals surface area contributed by atoms with E-state index in [4.69, 9.17) is 4.74 Å². The monoisotopic (exact) mass is 310 g/mol. The lowest BCUT2D eigenvalue weighted by Crippen LogP contribution is -2.54. The number of carbonyl (C=O) groups excluding carboxylic acids is 2. The van der Waals surface area contributed by atoms with Crippen LogP contribution in [0.1, 0.15) is 52.4 Å². The molecule has 2 heterocycles. The van der Waals surface area contributed by atoms with Gasteiger partial charge in [-0.2, -0.15) is 0 Å². The summed E-state index contributed by atoms with van der Waals surface area (Å²) in [6, 6.07) is -0.0450. The molecule has 126 valence electrons. The Morgan fingerprint density at radius 2 is 2.00 bits per heavy atom. The highest BCUT2D eigenvalue weighted by Gasteiger charge is 2.35. The quantitative estimate of drug-likeness (QED) is 0.781. The number of rotatable bonds is 5. The van der Waals surface area contributed by atoms with Crippen LogP contribution in [0.2, 0.25) is 0 Å². The van der Waals surface area contributed by atoms with Crippen molar-refractivity contribution < 1.29 is 14.3 Å². The summed E-state index contributed by atoms with van der Waals surface area (Å²) in [5.74, 6) is 0.647. The lowest BCUT2D eigenvalue weighted by atomic mass is 9.97. The average Bonchev–Trinajstić information content (AvgIpc) is 2.52. The van der Waals surface area contributed by atoms with Crippen molar-refractivity contribution in [2.75, 3.05) is 26.8 Å². The van der Waals surface area contributed by atoms with E-state index >= 15 is 0 Å². The molecular weight excluding hydrogens is 280 g/mol. The fourth-order valence-electron chi connectivity index (χ4n) is 3.45. The van der Waals surface area contributed by atoms with E-state index in [9.17, 15) is 9.59 Å². The number of likely N-dealkylation sites (tertiary alicyclic amines) is 1. The van der Waals surface area contributed by atoms with Crippen LogP contribution in [0.5, 0.6) is 0 Å². The van der Waals surface area contributed by atoms with Gasteiger partial charge in [-0.3, -0.25) is 9.59 Å². The van der Waals surface area contributed by atoms with Gasteiger partial charge in [-0.25, -0.2) is 0 Å². The zero-order valence-corrected chi connectivity index (χ0v) is 14.2. The molecule has 0 aromatic carbocycles. The van der Waals surface area contributed by atoms with Gasteiger partial charge in [0.05, 0.1) is 0 Å². The lowest BCUT2D eigenvalue weighted by Gasteiger charge is -2.39. The third kappa shape index (κ3) is 4.22. The molecular formula is C17H30N2O3. The molecule has 0 aromatic rings. The van der Waals surface area contributed by atoms with E-state index < -0.39 is 0 Å². The van der Waals surface area contributed by atoms with Gasteiger partial charge < -0.3 is 14.5 Å². The zero-order valence-electron chi connectivity index (χ0n) is 14.2. The van der Waals surface area contributed by atoms with Gasteiger partial charge in [-0.05, 0) is 38.0 Å². The van der Waals surface area contributed by atoms with E-state index in [1.54, 1.807) is 0 Å². The maximum Gasteiger partial charge on any atom is 0.245 e. The molecule has 0 aromatic heterocycles. The highest BCUT2D eigenvalue weighted by atomic mass is 16.5. The Kier molecular flexibility index (Phi) is 6.24. The van der Waals surface area contributed by atoms with Gasteiger partial charge in [0.15, 0.2) is 0 Å². The highest BCUT2D eigenvalue weighted by Crippen LogP contribution is 2.22. The Morgan fingerprint density at radius 1 is 1.32 bits per heavy atom. The number of carbonyl (C=O) groups is 2. The van der Waals surface area contributed by atoms with Crippen molar-refractivity contribution >= 4 is 11.8 Å². The molecule has 22 heavy (non-hydrogen) atoms. The fraction of sp³-hybridized carbons (Fsp3) is 0.882. The summed E-state index contributed by atoms with van der Waals surface area (Å²) in [6.45, 7) is 6.40. The number of piperidine rings is 1. The predicted molar refractivity (Wildman–Crippen MR) is 85.4 cm³/mol. The maximum atomic E-state index is 13.0. The van der Waals surface area contributed by atoms with Crippen molar-refractivity contribution in [1.29, 1.82) is 0 Å². The van der Waals surface area contributed by atoms with E-state index in [2.05, 4.69) is 13.8 Å². The van der Waals surface area contributed by atoms with Gasteiger partial charge >= 0.3 is 0 Å². The minimum Gasteiger partial charge on any atom is -0.381 e. The van der Waals surface area contributed by atoms with Crippen LogP contribution in [0.15, 0.2) is 0 Å². The van der Waals surface area contributed by atoms with Crippen LogP contribution in [0, 0.1) is 5.92 Å². The second-order valence-electron chi connectivity index (χ2n) is 6.98. The first-order chi connectivity index (χ1) is 10.5. The Balaban J connectivity index is 2.09. The number of nitrogens with zero attached hydrogens (tertiary/aromatic N) is 2. The molecule has 0 aliphatic carbocycles. The van der Waals surface area contributed by atoms with Gasteiger partial charge in [0.2, 0.25) is 11.8 Å². The largest absolute Gasteiger partial charge is 0.381 e. The van der Waals surface area contributed by atoms with Crippen molar-refractivity contribution in [1.82, 2.24) is 9.80 Å². The molecule has 5 heteroatoms. The summed E-state index contributed by atoms with van der Waals surface area (Å²) >= 11 is 0. The number of hydrogen-bond acceptors (Lipinski definition) is 3. The molecule has 2 aliphatic rings. The first-order valence-electron chi connectivity index (χ1n) is 8.64. The van der Waals surface area contributed by atoms with Crippen LogP contribution in [0.25, 0.3) is 0 Å². The fourth-order valence-corrected chi connectivity index (χ4v) is 3.45. The van der Waals surface area contributed by atoms with Crippen LogP contribution in [-0.4, -0.2) is 60.5 Å². The Morgan fingerprint density at radius 3 is 2.59 bits per heavy atom. The summed E-state index contributed by atoms with van der Waals surface area (Å²) in [5, 5.41) is 0. The third-order valence-corrected chi connectivity index (χ3v) is 4.80. The molecule has 0 bridgehead atoms. The molecule has 2 fully saturated rings. The molecule has 0 saturated carbocycles. The van der Waals surface area contributed by atoms with Crippen LogP contribution in [0.4, 0.5) is 0 Å². The van der Waals surface area contributed by atoms with Crippen LogP contribution < -0.4 is 0 Å². The van der Waals surface area contributed by atoms with Crippen molar-refractivity contribution in [3.8, 4) is 0 Å². The Hall–Kier alpha value is -1.10. The Bertz CT molecular complexity index is 391. The summed E-state index contributed by atoms with van der Waals surface area (Å²) < 4.78 is 5.39. The minimum absolute atomic E-state index is 0.107. The normalized spacial score (nSPS) is 22.0. The molecule has 0 N–H and O–H groups in total. The van der Waals surface area contributed by atoms with Gasteiger partial charge in [-0.1, -0.05) is 13.8 Å². The zero-order chi connectivity index (χ0) is 16.1. The summed E-state index contributed by atoms with van der Waals surface area (Å²) in [5.41, 5.74) is 0. The smallest absolute Gasteiger partial charge is 0.245 e. The van der Waals surface area contributed by atoms with E-state index in [-0.39, 0.29) is 23.9 Å². The molecule has 1 atom stereocenters. The molecule has 2 aliphatic heterocycles. The molecule has 0 radical (unpaired) electrons. The van der Waals surface area contributed by atoms with Gasteiger partial charge in [0.1, 0.15) is 6.04 Å². The first-order valence-corrected chi connectivity index (χ1v) is 8.64. The average molecular weight is 310 g/mol. The van der Waals surface area contributed by atoms with E-state index in [1.165, 1.54) is 0 Å². The standard InChI is InChI=1S/C17H30N2O3/c1-13(2)12-15(19-9-5-4-6-16(19)20)17(21)18(3)14-7-10-22-11-8-14/h13-15H,4-12H2,1-3H3/t15-/m1/s1. The number of likely N-dealkylation sites (N-methyl/N-ethyl adjacent to an activating group) is 1. The Labute approximate surface area is 134 Å². The summed E-state index contributed by atoms with van der Waals surface area (Å²) in [4.78, 5) is 29.0. The second-order valence-corrected chi connectivity index (χ2v) is 6.98. The lowest BCUT2D eigenvalue weighted by molar-refractivity contribution is -0.149. The predicted octanol–water partition coefficient (Wildman–Crippen LogP) is 2.05. The van der Waals surface area contributed by atoms with Crippen molar-refractivity contribution in [3.63, 3.8) is 0 Å². The molecule has 5 nitrogen and oxygen atoms in total. The minimum atomic E-state index is -0.291. The van der Waals surface area contributed by atoms with Gasteiger partial charge in [-0.15, -0.1) is 0 Å². The molecule has 0 spiro atoms. The molecule has 2 saturated heterocycles. The SMILES string of the molecule is CC(C)C[C@H](C(=O)N(C)C1CCOCC1)N1CCCCC1=O. The van der Waals surface area contributed by atoms with Crippen molar-refractivity contribution in [3.05, 3.63) is 0 Å². The maximum absolute atomic E-state index is 13.0. The molecule has 0 unspecified atom stereocenters. The van der Waals surface area contributed by atoms with Crippen LogP contribution >= 0.6 is 0 Å². The number of hydrogen-bond donors (Lipinski definition) is 0. The number of amides is 2. The first kappa shape index (κ1) is 17.3. The molecule has 2 rings (SSSR count). The topological polar surface area (TPSA) is 49.9 Å². The van der Waals surface area contributed by atoms with E-state index in [0.29, 0.717) is 12.3 Å². The molecule has 2 amide bonds. The van der Waals surface area contributed by atoms with Crippen molar-refractivity contribution in [2.45, 2.75) is 64.5 Å². The third-order valence-electron chi connectivity index (χ3n) is 4.80. The van der Waals surface area contributed by atoms with Crippen molar-refractivity contribution in [2.24, 2.45) is 5.92 Å². The van der Waals surface area contributed by atoms with E-state index in [1.807, 2.05) is 16.8 Å². The van der Waals surface area contributed by atoms with Crippen LogP contribution in [-0.2, 0) is 14.3 Å². The number of ether oxygens (including phenoxy) is 1. The van der Waals surface area contributed by atoms with Crippen LogP contribution in [0.3, 0.4) is 0 Å². The van der Waals surface area contributed by atoms with Gasteiger partial charge in [0, 0.05) is 39.3 Å². The second kappa shape index (κ2) is 7.95. The van der Waals surface area contributed by atoms with E-state index in [0.717, 1.165) is 51.9 Å².